The smallest absolute Gasteiger partial charge is 0.240 e. The predicted molar refractivity (Wildman–Crippen MR) is 137 cm³/mol. The van der Waals surface area contributed by atoms with Gasteiger partial charge in [0.2, 0.25) is 17.7 Å². The average Bonchev–Trinajstić information content (AvgIpc) is 2.80. The van der Waals surface area contributed by atoms with E-state index >= 15 is 0 Å². The molecular weight excluding hydrogens is 474 g/mol. The average molecular weight is 504 g/mol. The van der Waals surface area contributed by atoms with Crippen molar-refractivity contribution in [2.45, 2.75) is 45.1 Å². The molecule has 2 N–H and O–H groups in total. The number of amides is 3. The van der Waals surface area contributed by atoms with Crippen molar-refractivity contribution in [3.63, 3.8) is 0 Å². The van der Waals surface area contributed by atoms with Crippen molar-refractivity contribution in [2.75, 3.05) is 28.3 Å². The fourth-order valence-corrected chi connectivity index (χ4v) is 4.88. The van der Waals surface area contributed by atoms with E-state index < -0.39 is 22.6 Å². The Labute approximate surface area is 207 Å². The Bertz CT molecular complexity index is 1020. The topological polar surface area (TPSA) is 95.6 Å². The molecule has 1 aliphatic rings. The number of benzene rings is 2. The van der Waals surface area contributed by atoms with Crippen molar-refractivity contribution in [3.05, 3.63) is 59.1 Å². The summed E-state index contributed by atoms with van der Waals surface area (Å²) in [4.78, 5) is 39.3. The number of hydrogen-bond acceptors (Lipinski definition) is 4. The minimum atomic E-state index is -1.74. The first kappa shape index (κ1) is 25.9. The van der Waals surface area contributed by atoms with Crippen LogP contribution in [0.15, 0.2) is 48.5 Å². The first-order chi connectivity index (χ1) is 16.3. The van der Waals surface area contributed by atoms with Crippen LogP contribution < -0.4 is 15.5 Å². The van der Waals surface area contributed by atoms with Gasteiger partial charge in [-0.05, 0) is 56.2 Å². The summed E-state index contributed by atoms with van der Waals surface area (Å²) >= 11 is 5.97. The number of carbonyl (C=O) groups is 3. The van der Waals surface area contributed by atoms with Crippen molar-refractivity contribution in [1.29, 1.82) is 0 Å². The highest BCUT2D eigenvalue weighted by Crippen LogP contribution is 2.20. The summed E-state index contributed by atoms with van der Waals surface area (Å²) in [6.07, 6.45) is 5.19. The monoisotopic (exact) mass is 503 g/mol. The van der Waals surface area contributed by atoms with Crippen LogP contribution in [0.3, 0.4) is 0 Å². The summed E-state index contributed by atoms with van der Waals surface area (Å²) in [6, 6.07) is 13.9. The number of halogens is 1. The molecule has 0 aliphatic heterocycles. The molecule has 1 atom stereocenters. The lowest BCUT2D eigenvalue weighted by Crippen LogP contribution is -2.46. The van der Waals surface area contributed by atoms with Crippen LogP contribution in [-0.4, -0.2) is 46.0 Å². The second kappa shape index (κ2) is 12.7. The van der Waals surface area contributed by atoms with Crippen molar-refractivity contribution in [3.8, 4) is 0 Å². The summed E-state index contributed by atoms with van der Waals surface area (Å²) in [5, 5.41) is 6.18. The Morgan fingerprint density at radius 1 is 0.941 bits per heavy atom. The van der Waals surface area contributed by atoms with Gasteiger partial charge < -0.3 is 15.5 Å². The Kier molecular flexibility index (Phi) is 9.65. The lowest BCUT2D eigenvalue weighted by atomic mass is 9.95. The van der Waals surface area contributed by atoms with Crippen LogP contribution >= 0.6 is 11.6 Å². The summed E-state index contributed by atoms with van der Waals surface area (Å²) in [7, 11) is -1.74. The van der Waals surface area contributed by atoms with Crippen molar-refractivity contribution >= 4 is 51.5 Å². The zero-order valence-corrected chi connectivity index (χ0v) is 20.8. The summed E-state index contributed by atoms with van der Waals surface area (Å²) in [5.41, 5.74) is 2.14. The van der Waals surface area contributed by atoms with E-state index in [1.165, 1.54) is 11.3 Å². The summed E-state index contributed by atoms with van der Waals surface area (Å²) in [5.74, 6) is -1.90. The van der Waals surface area contributed by atoms with Crippen LogP contribution in [0.5, 0.6) is 0 Å². The highest BCUT2D eigenvalue weighted by Gasteiger charge is 2.24. The van der Waals surface area contributed by atoms with E-state index in [0.717, 1.165) is 31.2 Å². The molecule has 34 heavy (non-hydrogen) atoms. The van der Waals surface area contributed by atoms with Gasteiger partial charge in [0, 0.05) is 33.2 Å². The molecule has 1 fully saturated rings. The third kappa shape index (κ3) is 8.25. The molecule has 3 amide bonds. The normalized spacial score (nSPS) is 14.8. The van der Waals surface area contributed by atoms with E-state index in [4.69, 9.17) is 11.6 Å². The predicted octanol–water partition coefficient (Wildman–Crippen LogP) is 3.82. The summed E-state index contributed by atoms with van der Waals surface area (Å²) in [6.45, 7) is 1.75. The Balaban J connectivity index is 1.61. The molecule has 0 unspecified atom stereocenters. The first-order valence-corrected chi connectivity index (χ1v) is 13.2. The van der Waals surface area contributed by atoms with Crippen LogP contribution in [0, 0.1) is 6.92 Å². The molecule has 0 saturated heterocycles. The lowest BCUT2D eigenvalue weighted by molar-refractivity contribution is -0.123. The molecule has 0 radical (unpaired) electrons. The van der Waals surface area contributed by atoms with Crippen LogP contribution in [0.2, 0.25) is 5.02 Å². The van der Waals surface area contributed by atoms with Crippen molar-refractivity contribution in [2.24, 2.45) is 0 Å². The van der Waals surface area contributed by atoms with E-state index in [1.807, 2.05) is 19.1 Å². The number of carbonyl (C=O) groups excluding carboxylic acids is 3. The Hall–Kier alpha value is -2.71. The van der Waals surface area contributed by atoms with E-state index in [2.05, 4.69) is 10.6 Å². The molecule has 9 heteroatoms. The maximum Gasteiger partial charge on any atom is 0.240 e. The molecule has 3 rings (SSSR count). The molecule has 7 nitrogen and oxygen atoms in total. The zero-order chi connectivity index (χ0) is 24.5. The van der Waals surface area contributed by atoms with Gasteiger partial charge in [-0.25, -0.2) is 0 Å². The lowest BCUT2D eigenvalue weighted by Gasteiger charge is -2.26. The quantitative estimate of drug-likeness (QED) is 0.543. The number of nitrogens with one attached hydrogen (secondary N) is 2. The maximum atomic E-state index is 13.0. The second-order valence-electron chi connectivity index (χ2n) is 8.50. The molecule has 0 spiro atoms. The van der Waals surface area contributed by atoms with Crippen molar-refractivity contribution in [1.82, 2.24) is 5.32 Å². The standard InChI is InChI=1S/C25H30ClN3O4S/c1-18-7-11-21(12-8-18)28-24(31)16-34(33)17-25(32)29(22-13-9-19(26)10-14-22)15-23(30)27-20-5-3-2-4-6-20/h7-14,20H,2-6,15-17H2,1H3,(H,27,30)(H,28,31)/t34-/m1/s1. The minimum absolute atomic E-state index is 0.114. The van der Waals surface area contributed by atoms with Gasteiger partial charge in [-0.3, -0.25) is 18.6 Å². The van der Waals surface area contributed by atoms with E-state index in [9.17, 15) is 18.6 Å². The molecule has 0 aromatic heterocycles. The Morgan fingerprint density at radius 3 is 2.24 bits per heavy atom. The molecule has 1 saturated carbocycles. The van der Waals surface area contributed by atoms with Gasteiger partial charge in [-0.2, -0.15) is 0 Å². The van der Waals surface area contributed by atoms with Crippen LogP contribution in [-0.2, 0) is 25.2 Å². The number of anilines is 2. The summed E-state index contributed by atoms with van der Waals surface area (Å²) < 4.78 is 12.6. The number of aryl methyl sites for hydroxylation is 1. The molecule has 0 heterocycles. The molecule has 0 bridgehead atoms. The maximum absolute atomic E-state index is 13.0. The second-order valence-corrected chi connectivity index (χ2v) is 10.4. The largest absolute Gasteiger partial charge is 0.352 e. The fraction of sp³-hybridized carbons (Fsp3) is 0.400. The molecule has 182 valence electrons. The van der Waals surface area contributed by atoms with Crippen LogP contribution in [0.25, 0.3) is 0 Å². The highest BCUT2D eigenvalue weighted by atomic mass is 35.5. The molecule has 2 aromatic carbocycles. The SMILES string of the molecule is Cc1ccc(NC(=O)C[S@@](=O)CC(=O)N(CC(=O)NC2CCCCC2)c2ccc(Cl)cc2)cc1. The first-order valence-electron chi connectivity index (χ1n) is 11.4. The van der Waals surface area contributed by atoms with Crippen LogP contribution in [0.1, 0.15) is 37.7 Å². The molecule has 1 aliphatic carbocycles. The number of nitrogens with zero attached hydrogens (tertiary/aromatic N) is 1. The van der Waals surface area contributed by atoms with Gasteiger partial charge in [0.05, 0.1) is 0 Å². The minimum Gasteiger partial charge on any atom is -0.352 e. The van der Waals surface area contributed by atoms with Gasteiger partial charge >= 0.3 is 0 Å². The van der Waals surface area contributed by atoms with Crippen molar-refractivity contribution < 1.29 is 18.6 Å². The van der Waals surface area contributed by atoms with E-state index in [0.29, 0.717) is 16.4 Å². The van der Waals surface area contributed by atoms with E-state index in [-0.39, 0.29) is 30.0 Å². The fourth-order valence-electron chi connectivity index (χ4n) is 3.86. The third-order valence-corrected chi connectivity index (χ3v) is 7.03. The number of hydrogen-bond donors (Lipinski definition) is 2. The highest BCUT2D eigenvalue weighted by molar-refractivity contribution is 7.86. The zero-order valence-electron chi connectivity index (χ0n) is 19.2. The van der Waals surface area contributed by atoms with E-state index in [1.54, 1.807) is 36.4 Å². The molecular formula is C25H30ClN3O4S. The van der Waals surface area contributed by atoms with Gasteiger partial charge in [0.15, 0.2) is 0 Å². The van der Waals surface area contributed by atoms with Gasteiger partial charge in [0.25, 0.3) is 0 Å². The van der Waals surface area contributed by atoms with Gasteiger partial charge in [-0.15, -0.1) is 0 Å². The third-order valence-electron chi connectivity index (χ3n) is 5.62. The van der Waals surface area contributed by atoms with Gasteiger partial charge in [-0.1, -0.05) is 48.6 Å². The van der Waals surface area contributed by atoms with Crippen LogP contribution in [0.4, 0.5) is 11.4 Å². The Morgan fingerprint density at radius 2 is 1.59 bits per heavy atom. The molecule has 2 aromatic rings. The number of rotatable bonds is 9. The van der Waals surface area contributed by atoms with Gasteiger partial charge in [0.1, 0.15) is 18.1 Å².